The third-order valence-corrected chi connectivity index (χ3v) is 2.61. The molecule has 0 aromatic heterocycles. The summed E-state index contributed by atoms with van der Waals surface area (Å²) in [5.41, 5.74) is 0. The average molecular weight is 222 g/mol. The summed E-state index contributed by atoms with van der Waals surface area (Å²) in [6, 6.07) is 0. The molecule has 1 heterocycles. The number of hydrogen-bond donors (Lipinski definition) is 2. The van der Waals surface area contributed by atoms with E-state index in [0.717, 1.165) is 0 Å². The van der Waals surface area contributed by atoms with E-state index in [9.17, 15) is 5.11 Å². The molecule has 1 aliphatic rings. The van der Waals surface area contributed by atoms with E-state index in [2.05, 4.69) is 0 Å². The van der Waals surface area contributed by atoms with Crippen LogP contribution in [0, 0.1) is 0 Å². The third-order valence-electron chi connectivity index (χ3n) is 2.61. The first kappa shape index (κ1) is 12.8. The van der Waals surface area contributed by atoms with Crippen LogP contribution in [0.3, 0.4) is 0 Å². The second kappa shape index (κ2) is 5.74. The lowest BCUT2D eigenvalue weighted by molar-refractivity contribution is -0.299. The maximum absolute atomic E-state index is 9.59. The molecule has 0 radical (unpaired) electrons. The average Bonchev–Trinajstić information content (AvgIpc) is 2.27. The van der Waals surface area contributed by atoms with E-state index in [1.165, 1.54) is 21.3 Å². The van der Waals surface area contributed by atoms with Crippen LogP contribution < -0.4 is 0 Å². The Hall–Kier alpha value is -0.240. The molecule has 2 N–H and O–H groups in total. The maximum atomic E-state index is 9.59. The molecular weight excluding hydrogens is 204 g/mol. The zero-order valence-corrected chi connectivity index (χ0v) is 9.12. The van der Waals surface area contributed by atoms with Crippen LogP contribution in [0.15, 0.2) is 0 Å². The van der Waals surface area contributed by atoms with Crippen molar-refractivity contribution in [1.82, 2.24) is 0 Å². The fraction of sp³-hybridized carbons (Fsp3) is 1.00. The van der Waals surface area contributed by atoms with Gasteiger partial charge in [0, 0.05) is 21.3 Å². The molecule has 5 atom stereocenters. The largest absolute Gasteiger partial charge is 0.394 e. The van der Waals surface area contributed by atoms with Crippen molar-refractivity contribution in [2.75, 3.05) is 27.9 Å². The van der Waals surface area contributed by atoms with Gasteiger partial charge in [0.25, 0.3) is 0 Å². The monoisotopic (exact) mass is 222 g/mol. The van der Waals surface area contributed by atoms with Crippen LogP contribution in [0.1, 0.15) is 0 Å². The lowest BCUT2D eigenvalue weighted by Crippen LogP contribution is -2.60. The minimum absolute atomic E-state index is 0.244. The number of hydrogen-bond acceptors (Lipinski definition) is 6. The topological polar surface area (TPSA) is 77.4 Å². The van der Waals surface area contributed by atoms with Crippen molar-refractivity contribution < 1.29 is 29.2 Å². The van der Waals surface area contributed by atoms with E-state index >= 15 is 0 Å². The van der Waals surface area contributed by atoms with Crippen LogP contribution >= 0.6 is 0 Å². The Labute approximate surface area is 88.7 Å². The number of methoxy groups -OCH3 is 3. The van der Waals surface area contributed by atoms with Gasteiger partial charge in [0.2, 0.25) is 0 Å². The first-order chi connectivity index (χ1) is 7.19. The van der Waals surface area contributed by atoms with E-state index in [1.807, 2.05) is 0 Å². The van der Waals surface area contributed by atoms with Gasteiger partial charge in [-0.1, -0.05) is 0 Å². The molecular formula is C9H18O6. The third kappa shape index (κ3) is 2.47. The van der Waals surface area contributed by atoms with E-state index in [0.29, 0.717) is 0 Å². The fourth-order valence-electron chi connectivity index (χ4n) is 1.85. The summed E-state index contributed by atoms with van der Waals surface area (Å²) < 4.78 is 20.6. The maximum Gasteiger partial charge on any atom is 0.184 e. The summed E-state index contributed by atoms with van der Waals surface area (Å²) in [6.45, 7) is -0.244. The number of aliphatic hydroxyl groups is 2. The van der Waals surface area contributed by atoms with Gasteiger partial charge in [-0.05, 0) is 0 Å². The highest BCUT2D eigenvalue weighted by Crippen LogP contribution is 2.25. The van der Waals surface area contributed by atoms with Crippen LogP contribution in [0.5, 0.6) is 0 Å². The molecule has 6 nitrogen and oxygen atoms in total. The first-order valence-electron chi connectivity index (χ1n) is 4.72. The van der Waals surface area contributed by atoms with E-state index in [4.69, 9.17) is 24.1 Å². The van der Waals surface area contributed by atoms with Crippen LogP contribution in [0.25, 0.3) is 0 Å². The molecule has 90 valence electrons. The second-order valence-corrected chi connectivity index (χ2v) is 3.35. The molecule has 0 aromatic rings. The lowest BCUT2D eigenvalue weighted by atomic mass is 9.99. The molecule has 6 heteroatoms. The molecule has 0 saturated carbocycles. The molecule has 0 aromatic carbocycles. The summed E-state index contributed by atoms with van der Waals surface area (Å²) in [5, 5.41) is 18.7. The highest BCUT2D eigenvalue weighted by Gasteiger charge is 2.46. The van der Waals surface area contributed by atoms with E-state index in [-0.39, 0.29) is 6.61 Å². The van der Waals surface area contributed by atoms with Gasteiger partial charge in [0.15, 0.2) is 6.29 Å². The Bertz CT molecular complexity index is 187. The Morgan fingerprint density at radius 3 is 1.93 bits per heavy atom. The Morgan fingerprint density at radius 1 is 1.00 bits per heavy atom. The van der Waals surface area contributed by atoms with Crippen LogP contribution in [0.2, 0.25) is 0 Å². The molecule has 1 aliphatic heterocycles. The number of rotatable bonds is 4. The van der Waals surface area contributed by atoms with Gasteiger partial charge < -0.3 is 29.2 Å². The molecule has 0 bridgehead atoms. The van der Waals surface area contributed by atoms with Crippen LogP contribution in [-0.4, -0.2) is 68.9 Å². The molecule has 1 rings (SSSR count). The molecule has 15 heavy (non-hydrogen) atoms. The zero-order chi connectivity index (χ0) is 11.4. The summed E-state index contributed by atoms with van der Waals surface area (Å²) >= 11 is 0. The van der Waals surface area contributed by atoms with Gasteiger partial charge in [-0.15, -0.1) is 0 Å². The highest BCUT2D eigenvalue weighted by atomic mass is 16.7. The summed E-state index contributed by atoms with van der Waals surface area (Å²) in [5.74, 6) is 0. The summed E-state index contributed by atoms with van der Waals surface area (Å²) in [7, 11) is 4.44. The lowest BCUT2D eigenvalue weighted by Gasteiger charge is -2.42. The Morgan fingerprint density at radius 2 is 1.53 bits per heavy atom. The van der Waals surface area contributed by atoms with Gasteiger partial charge in [-0.25, -0.2) is 0 Å². The number of aliphatic hydroxyl groups excluding tert-OH is 2. The Balaban J connectivity index is 2.80. The molecule has 1 unspecified atom stereocenters. The highest BCUT2D eigenvalue weighted by molar-refractivity contribution is 4.91. The van der Waals surface area contributed by atoms with Gasteiger partial charge in [-0.3, -0.25) is 0 Å². The van der Waals surface area contributed by atoms with E-state index in [1.54, 1.807) is 0 Å². The summed E-state index contributed by atoms with van der Waals surface area (Å²) in [4.78, 5) is 0. The number of ether oxygens (including phenoxy) is 4. The molecule has 0 amide bonds. The summed E-state index contributed by atoms with van der Waals surface area (Å²) in [6.07, 6.45) is -3.29. The molecule has 1 fully saturated rings. The minimum Gasteiger partial charge on any atom is -0.394 e. The normalized spacial score (nSPS) is 41.8. The molecule has 1 saturated heterocycles. The van der Waals surface area contributed by atoms with Crippen molar-refractivity contribution in [2.45, 2.75) is 30.7 Å². The van der Waals surface area contributed by atoms with Crippen LogP contribution in [-0.2, 0) is 18.9 Å². The van der Waals surface area contributed by atoms with Crippen molar-refractivity contribution in [3.8, 4) is 0 Å². The predicted molar refractivity (Wildman–Crippen MR) is 50.4 cm³/mol. The predicted octanol–water partition coefficient (Wildman–Crippen LogP) is -1.26. The van der Waals surface area contributed by atoms with Crippen molar-refractivity contribution >= 4 is 0 Å². The smallest absolute Gasteiger partial charge is 0.184 e. The van der Waals surface area contributed by atoms with Gasteiger partial charge in [-0.2, -0.15) is 0 Å². The molecule has 0 spiro atoms. The standard InChI is InChI=1S/C9H18O6/c1-12-6-5(4-10)15-9(11)8(14-3)7(6)13-2/h5-11H,4H2,1-3H3/t5-,6-,7+,8+,9?/m1/s1. The minimum atomic E-state index is -1.12. The first-order valence-corrected chi connectivity index (χ1v) is 4.72. The van der Waals surface area contributed by atoms with Gasteiger partial charge in [0.05, 0.1) is 6.61 Å². The molecule has 0 aliphatic carbocycles. The van der Waals surface area contributed by atoms with Crippen molar-refractivity contribution in [2.24, 2.45) is 0 Å². The fourth-order valence-corrected chi connectivity index (χ4v) is 1.85. The zero-order valence-electron chi connectivity index (χ0n) is 9.12. The van der Waals surface area contributed by atoms with Gasteiger partial charge >= 0.3 is 0 Å². The van der Waals surface area contributed by atoms with E-state index < -0.39 is 30.7 Å². The van der Waals surface area contributed by atoms with Crippen molar-refractivity contribution in [1.29, 1.82) is 0 Å². The van der Waals surface area contributed by atoms with Crippen molar-refractivity contribution in [3.05, 3.63) is 0 Å². The SMILES string of the molecule is CO[C@H]1[C@H](OC)[C@@H](CO)OC(O)[C@H]1OC. The quantitative estimate of drug-likeness (QED) is 0.618. The van der Waals surface area contributed by atoms with Crippen molar-refractivity contribution in [3.63, 3.8) is 0 Å². The Kier molecular flexibility index (Phi) is 4.91. The van der Waals surface area contributed by atoms with Gasteiger partial charge in [0.1, 0.15) is 24.4 Å². The van der Waals surface area contributed by atoms with Crippen LogP contribution in [0.4, 0.5) is 0 Å². The second-order valence-electron chi connectivity index (χ2n) is 3.35.